The van der Waals surface area contributed by atoms with Gasteiger partial charge in [-0.15, -0.1) is 0 Å². The highest BCUT2D eigenvalue weighted by Crippen LogP contribution is 2.22. The third kappa shape index (κ3) is 4.38. The highest BCUT2D eigenvalue weighted by Gasteiger charge is 2.03. The summed E-state index contributed by atoms with van der Waals surface area (Å²) in [6, 6.07) is 16.0. The van der Waals surface area contributed by atoms with E-state index in [9.17, 15) is 0 Å². The second kappa shape index (κ2) is 7.70. The van der Waals surface area contributed by atoms with E-state index in [2.05, 4.69) is 33.2 Å². The molecule has 2 aromatic carbocycles. The second-order valence-electron chi connectivity index (χ2n) is 4.36. The van der Waals surface area contributed by atoms with Crippen LogP contribution in [0.5, 0.6) is 5.75 Å². The molecule has 0 spiro atoms. The first-order valence-electron chi connectivity index (χ1n) is 6.43. The minimum atomic E-state index is 0.628. The summed E-state index contributed by atoms with van der Waals surface area (Å²) in [7, 11) is 0. The minimum absolute atomic E-state index is 0.628. The third-order valence-corrected chi connectivity index (χ3v) is 3.37. The summed E-state index contributed by atoms with van der Waals surface area (Å²) in [4.78, 5) is 0. The molecule has 0 aromatic heterocycles. The molecule has 1 N–H and O–H groups in total. The van der Waals surface area contributed by atoms with Gasteiger partial charge < -0.3 is 9.94 Å². The van der Waals surface area contributed by atoms with Gasteiger partial charge in [-0.05, 0) is 36.6 Å². The van der Waals surface area contributed by atoms with Gasteiger partial charge in [0.2, 0.25) is 0 Å². The summed E-state index contributed by atoms with van der Waals surface area (Å²) >= 11 is 3.38. The van der Waals surface area contributed by atoms with Gasteiger partial charge in [-0.25, -0.2) is 0 Å². The van der Waals surface area contributed by atoms with Crippen molar-refractivity contribution in [3.05, 3.63) is 64.1 Å². The Labute approximate surface area is 127 Å². The number of hydrogen-bond donors (Lipinski definition) is 1. The smallest absolute Gasteiger partial charge is 0.128 e. The number of aryl methyl sites for hydroxylation is 1. The van der Waals surface area contributed by atoms with Gasteiger partial charge in [0.25, 0.3) is 0 Å². The van der Waals surface area contributed by atoms with E-state index in [1.807, 2.05) is 36.4 Å². The van der Waals surface area contributed by atoms with Crippen molar-refractivity contribution in [1.82, 2.24) is 0 Å². The molecule has 0 aliphatic heterocycles. The van der Waals surface area contributed by atoms with Gasteiger partial charge in [-0.2, -0.15) is 0 Å². The molecule has 0 unspecified atom stereocenters. The molecule has 0 radical (unpaired) electrons. The van der Waals surface area contributed by atoms with Crippen molar-refractivity contribution in [1.29, 1.82) is 0 Å². The summed E-state index contributed by atoms with van der Waals surface area (Å²) < 4.78 is 6.66. The van der Waals surface area contributed by atoms with Gasteiger partial charge in [0.15, 0.2) is 0 Å². The molecular weight excluding hydrogens is 318 g/mol. The fourth-order valence-corrected chi connectivity index (χ4v) is 2.30. The maximum absolute atomic E-state index is 8.65. The molecule has 0 saturated carbocycles. The monoisotopic (exact) mass is 333 g/mol. The van der Waals surface area contributed by atoms with E-state index in [4.69, 9.17) is 9.94 Å². The standard InChI is InChI=1S/C16H16BrNO2/c17-15-8-9-16(14(11-15)12-18-19)20-10-4-7-13-5-2-1-3-6-13/h1-3,5-6,8-9,11-12,19H,4,7,10H2/b18-12+. The van der Waals surface area contributed by atoms with Crippen molar-refractivity contribution in [2.75, 3.05) is 6.61 Å². The van der Waals surface area contributed by atoms with Crippen LogP contribution in [-0.4, -0.2) is 18.0 Å². The average Bonchev–Trinajstić information content (AvgIpc) is 2.47. The summed E-state index contributed by atoms with van der Waals surface area (Å²) in [5.74, 6) is 0.721. The minimum Gasteiger partial charge on any atom is -0.493 e. The highest BCUT2D eigenvalue weighted by molar-refractivity contribution is 9.10. The van der Waals surface area contributed by atoms with Crippen molar-refractivity contribution in [3.63, 3.8) is 0 Å². The van der Waals surface area contributed by atoms with Crippen LogP contribution in [0.1, 0.15) is 17.5 Å². The zero-order valence-corrected chi connectivity index (χ0v) is 12.6. The normalized spacial score (nSPS) is 10.8. The first-order valence-corrected chi connectivity index (χ1v) is 7.22. The fraction of sp³-hybridized carbons (Fsp3) is 0.188. The van der Waals surface area contributed by atoms with Crippen molar-refractivity contribution >= 4 is 22.1 Å². The molecule has 0 amide bonds. The zero-order valence-electron chi connectivity index (χ0n) is 11.0. The summed E-state index contributed by atoms with van der Waals surface area (Å²) in [6.07, 6.45) is 3.30. The van der Waals surface area contributed by atoms with Gasteiger partial charge >= 0.3 is 0 Å². The predicted octanol–water partition coefficient (Wildman–Crippen LogP) is 4.27. The zero-order chi connectivity index (χ0) is 14.2. The van der Waals surface area contributed by atoms with Gasteiger partial charge in [-0.1, -0.05) is 51.4 Å². The summed E-state index contributed by atoms with van der Waals surface area (Å²) in [5.41, 5.74) is 2.06. The Morgan fingerprint density at radius 2 is 1.95 bits per heavy atom. The lowest BCUT2D eigenvalue weighted by Gasteiger charge is -2.09. The average molecular weight is 334 g/mol. The van der Waals surface area contributed by atoms with Crippen molar-refractivity contribution in [2.24, 2.45) is 5.16 Å². The van der Waals surface area contributed by atoms with Crippen LogP contribution in [0.25, 0.3) is 0 Å². The Bertz CT molecular complexity index is 570. The third-order valence-electron chi connectivity index (χ3n) is 2.88. The van der Waals surface area contributed by atoms with E-state index in [1.165, 1.54) is 11.8 Å². The molecule has 0 heterocycles. The topological polar surface area (TPSA) is 41.8 Å². The first kappa shape index (κ1) is 14.6. The summed E-state index contributed by atoms with van der Waals surface area (Å²) in [6.45, 7) is 0.628. The Morgan fingerprint density at radius 1 is 1.15 bits per heavy atom. The van der Waals surface area contributed by atoms with E-state index in [-0.39, 0.29) is 0 Å². The molecule has 0 aliphatic carbocycles. The Hall–Kier alpha value is -1.81. The number of oxime groups is 1. The molecule has 0 bridgehead atoms. The lowest BCUT2D eigenvalue weighted by atomic mass is 10.1. The van der Waals surface area contributed by atoms with Crippen molar-refractivity contribution < 1.29 is 9.94 Å². The number of rotatable bonds is 6. The Balaban J connectivity index is 1.88. The van der Waals surface area contributed by atoms with Gasteiger partial charge in [0, 0.05) is 10.0 Å². The van der Waals surface area contributed by atoms with Crippen molar-refractivity contribution in [3.8, 4) is 5.75 Å². The van der Waals surface area contributed by atoms with E-state index in [1.54, 1.807) is 0 Å². The van der Waals surface area contributed by atoms with Gasteiger partial charge in [0.1, 0.15) is 5.75 Å². The molecule has 0 aliphatic rings. The van der Waals surface area contributed by atoms with Crippen LogP contribution in [0.3, 0.4) is 0 Å². The van der Waals surface area contributed by atoms with Crippen LogP contribution >= 0.6 is 15.9 Å². The van der Waals surface area contributed by atoms with E-state index < -0.39 is 0 Å². The Morgan fingerprint density at radius 3 is 2.70 bits per heavy atom. The largest absolute Gasteiger partial charge is 0.493 e. The molecule has 104 valence electrons. The van der Waals surface area contributed by atoms with E-state index in [0.717, 1.165) is 28.6 Å². The van der Waals surface area contributed by atoms with Crippen LogP contribution in [0, 0.1) is 0 Å². The molecule has 2 rings (SSSR count). The number of halogens is 1. The fourth-order valence-electron chi connectivity index (χ4n) is 1.92. The number of ether oxygens (including phenoxy) is 1. The Kier molecular flexibility index (Phi) is 5.62. The van der Waals surface area contributed by atoms with Crippen LogP contribution in [0.4, 0.5) is 0 Å². The molecule has 20 heavy (non-hydrogen) atoms. The van der Waals surface area contributed by atoms with Crippen LogP contribution < -0.4 is 4.74 Å². The predicted molar refractivity (Wildman–Crippen MR) is 83.8 cm³/mol. The first-order chi connectivity index (χ1) is 9.79. The lowest BCUT2D eigenvalue weighted by Crippen LogP contribution is -2.01. The van der Waals surface area contributed by atoms with Gasteiger partial charge in [-0.3, -0.25) is 0 Å². The number of benzene rings is 2. The van der Waals surface area contributed by atoms with Gasteiger partial charge in [0.05, 0.1) is 12.8 Å². The van der Waals surface area contributed by atoms with Crippen molar-refractivity contribution in [2.45, 2.75) is 12.8 Å². The molecular formula is C16H16BrNO2. The maximum atomic E-state index is 8.65. The molecule has 2 aromatic rings. The quantitative estimate of drug-likeness (QED) is 0.371. The molecule has 0 saturated heterocycles. The van der Waals surface area contributed by atoms with Crippen LogP contribution in [0.2, 0.25) is 0 Å². The molecule has 0 fully saturated rings. The van der Waals surface area contributed by atoms with E-state index >= 15 is 0 Å². The number of nitrogens with zero attached hydrogens (tertiary/aromatic N) is 1. The molecule has 0 atom stereocenters. The second-order valence-corrected chi connectivity index (χ2v) is 5.28. The van der Waals surface area contributed by atoms with Crippen LogP contribution in [0.15, 0.2) is 58.2 Å². The highest BCUT2D eigenvalue weighted by atomic mass is 79.9. The number of hydrogen-bond acceptors (Lipinski definition) is 3. The SMILES string of the molecule is O/N=C/c1cc(Br)ccc1OCCCc1ccccc1. The van der Waals surface area contributed by atoms with E-state index in [0.29, 0.717) is 6.61 Å². The maximum Gasteiger partial charge on any atom is 0.128 e. The molecule has 3 nitrogen and oxygen atoms in total. The molecule has 4 heteroatoms. The van der Waals surface area contributed by atoms with Crippen LogP contribution in [-0.2, 0) is 6.42 Å². The lowest BCUT2D eigenvalue weighted by molar-refractivity contribution is 0.308. The summed E-state index contributed by atoms with van der Waals surface area (Å²) in [5, 5.41) is 11.7.